The molecule has 0 amide bonds. The van der Waals surface area contributed by atoms with E-state index in [-0.39, 0.29) is 25.2 Å². The smallest absolute Gasteiger partial charge is 0.306 e. The molecule has 0 aromatic carbocycles. The quantitative estimate of drug-likeness (QED) is 0.0390. The monoisotopic (exact) mass is 725 g/mol. The molecule has 0 rings (SSSR count). The van der Waals surface area contributed by atoms with Crippen LogP contribution in [0.4, 0.5) is 0 Å². The van der Waals surface area contributed by atoms with E-state index in [1.54, 1.807) is 0 Å². The lowest BCUT2D eigenvalue weighted by molar-refractivity contribution is -0.161. The van der Waals surface area contributed by atoms with Gasteiger partial charge in [0.05, 0.1) is 6.61 Å². The number of unbranched alkanes of at least 4 members (excludes halogenated alkanes) is 18. The van der Waals surface area contributed by atoms with Gasteiger partial charge >= 0.3 is 11.9 Å². The van der Waals surface area contributed by atoms with E-state index in [4.69, 9.17) is 9.47 Å². The van der Waals surface area contributed by atoms with Crippen molar-refractivity contribution in [1.29, 1.82) is 0 Å². The zero-order valence-corrected chi connectivity index (χ0v) is 33.8. The molecule has 0 aliphatic heterocycles. The lowest BCUT2D eigenvalue weighted by Crippen LogP contribution is -2.28. The van der Waals surface area contributed by atoms with Crippen LogP contribution in [-0.4, -0.2) is 36.4 Å². The van der Waals surface area contributed by atoms with Crippen molar-refractivity contribution in [1.82, 2.24) is 0 Å². The van der Waals surface area contributed by atoms with E-state index in [0.29, 0.717) is 19.3 Å². The highest BCUT2D eigenvalue weighted by molar-refractivity contribution is 5.70. The van der Waals surface area contributed by atoms with Gasteiger partial charge < -0.3 is 14.6 Å². The molecule has 0 heterocycles. The predicted molar refractivity (Wildman–Crippen MR) is 223 cm³/mol. The highest BCUT2D eigenvalue weighted by atomic mass is 16.6. The number of hydrogen-bond donors (Lipinski definition) is 1. The van der Waals surface area contributed by atoms with Gasteiger partial charge in [-0.05, 0) is 83.5 Å². The van der Waals surface area contributed by atoms with Crippen LogP contribution in [0.5, 0.6) is 0 Å². The summed E-state index contributed by atoms with van der Waals surface area (Å²) >= 11 is 0. The van der Waals surface area contributed by atoms with Crippen LogP contribution in [0.2, 0.25) is 0 Å². The van der Waals surface area contributed by atoms with Crippen LogP contribution in [0.1, 0.15) is 194 Å². The molecule has 1 atom stereocenters. The maximum atomic E-state index is 12.2. The number of aliphatic hydroxyl groups excluding tert-OH is 1. The molecule has 0 unspecified atom stereocenters. The summed E-state index contributed by atoms with van der Waals surface area (Å²) in [6, 6.07) is 0. The van der Waals surface area contributed by atoms with Crippen LogP contribution in [0, 0.1) is 0 Å². The normalized spacial score (nSPS) is 12.9. The van der Waals surface area contributed by atoms with Crippen molar-refractivity contribution in [2.24, 2.45) is 0 Å². The van der Waals surface area contributed by atoms with Gasteiger partial charge in [0.1, 0.15) is 6.61 Å². The average molecular weight is 725 g/mol. The van der Waals surface area contributed by atoms with Crippen LogP contribution >= 0.6 is 0 Å². The Bertz CT molecular complexity index is 957. The van der Waals surface area contributed by atoms with Crippen molar-refractivity contribution in [2.45, 2.75) is 200 Å². The largest absolute Gasteiger partial charge is 0.462 e. The minimum atomic E-state index is -0.812. The van der Waals surface area contributed by atoms with Gasteiger partial charge in [0.15, 0.2) is 6.10 Å². The molecule has 0 bridgehead atoms. The molecular weight excluding hydrogens is 645 g/mol. The fraction of sp³-hybridized carbons (Fsp3) is 0.702. The zero-order chi connectivity index (χ0) is 37.8. The number of rotatable bonds is 38. The summed E-state index contributed by atoms with van der Waals surface area (Å²) in [4.78, 5) is 24.3. The van der Waals surface area contributed by atoms with Gasteiger partial charge in [-0.2, -0.15) is 0 Å². The Labute approximate surface area is 321 Å². The van der Waals surface area contributed by atoms with Crippen LogP contribution in [0.15, 0.2) is 72.9 Å². The number of carbonyl (C=O) groups is 2. The Morgan fingerprint density at radius 2 is 0.865 bits per heavy atom. The number of esters is 2. The standard InChI is InChI=1S/C47H80O5/c1-3-5-7-9-11-13-15-17-19-20-21-22-23-24-25-26-28-29-31-33-35-37-39-41-46(49)51-44-45(43-48)52-47(50)42-40-38-36-34-32-30-27-18-16-14-12-10-8-6-4-2/h6,8,12,14,18,26-28,32-35,45,48H,3-5,7,9-11,13,15-17,19-25,29-31,36-44H2,1-2H3/b8-6+,14-12+,27-18+,28-26+,34-32+,35-33+/t45-/m0/s1. The molecule has 0 radical (unpaired) electrons. The van der Waals surface area contributed by atoms with E-state index in [1.807, 2.05) is 0 Å². The minimum Gasteiger partial charge on any atom is -0.462 e. The Balaban J connectivity index is 3.64. The molecular formula is C47H80O5. The number of aliphatic hydroxyl groups is 1. The highest BCUT2D eigenvalue weighted by Crippen LogP contribution is 2.14. The summed E-state index contributed by atoms with van der Waals surface area (Å²) < 4.78 is 10.6. The maximum absolute atomic E-state index is 12.2. The second-order valence-corrected chi connectivity index (χ2v) is 14.0. The second-order valence-electron chi connectivity index (χ2n) is 14.0. The second kappa shape index (κ2) is 42.8. The third-order valence-electron chi connectivity index (χ3n) is 8.96. The molecule has 0 aliphatic carbocycles. The molecule has 0 saturated heterocycles. The first-order valence-electron chi connectivity index (χ1n) is 21.5. The van der Waals surface area contributed by atoms with Gasteiger partial charge in [-0.25, -0.2) is 0 Å². The van der Waals surface area contributed by atoms with Gasteiger partial charge in [-0.1, -0.05) is 170 Å². The highest BCUT2D eigenvalue weighted by Gasteiger charge is 2.15. The molecule has 0 aromatic heterocycles. The molecule has 0 fully saturated rings. The first-order valence-corrected chi connectivity index (χ1v) is 21.5. The Hall–Kier alpha value is -2.66. The van der Waals surface area contributed by atoms with Crippen LogP contribution in [0.25, 0.3) is 0 Å². The number of carbonyl (C=O) groups excluding carboxylic acids is 2. The summed E-state index contributed by atoms with van der Waals surface area (Å²) in [6.07, 6.45) is 57.0. The van der Waals surface area contributed by atoms with Gasteiger partial charge in [0, 0.05) is 12.8 Å². The summed E-state index contributed by atoms with van der Waals surface area (Å²) in [6.45, 7) is 3.95. The van der Waals surface area contributed by atoms with Crippen LogP contribution < -0.4 is 0 Å². The molecule has 1 N–H and O–H groups in total. The van der Waals surface area contributed by atoms with Crippen LogP contribution in [-0.2, 0) is 19.1 Å². The summed E-state index contributed by atoms with van der Waals surface area (Å²) in [5, 5.41) is 9.55. The zero-order valence-electron chi connectivity index (χ0n) is 33.8. The minimum absolute atomic E-state index is 0.107. The lowest BCUT2D eigenvalue weighted by atomic mass is 10.0. The van der Waals surface area contributed by atoms with E-state index in [1.165, 1.54) is 96.3 Å². The molecule has 0 aliphatic rings. The SMILES string of the molecule is CC/C=C/C/C=C/C/C=C/C/C=C/CCCCC(=O)O[C@@H](CO)COC(=O)CCC/C=C/CC/C=C/CCCCCCCCCCCCCCCC. The maximum Gasteiger partial charge on any atom is 0.306 e. The fourth-order valence-electron chi connectivity index (χ4n) is 5.74. The lowest BCUT2D eigenvalue weighted by Gasteiger charge is -2.15. The Morgan fingerprint density at radius 1 is 0.462 bits per heavy atom. The van der Waals surface area contributed by atoms with Crippen molar-refractivity contribution >= 4 is 11.9 Å². The molecule has 0 spiro atoms. The van der Waals surface area contributed by atoms with E-state index in [2.05, 4.69) is 86.8 Å². The van der Waals surface area contributed by atoms with Crippen molar-refractivity contribution in [3.05, 3.63) is 72.9 Å². The Kier molecular flexibility index (Phi) is 40.6. The molecule has 298 valence electrons. The van der Waals surface area contributed by atoms with Crippen molar-refractivity contribution in [2.75, 3.05) is 13.2 Å². The van der Waals surface area contributed by atoms with E-state index in [9.17, 15) is 14.7 Å². The molecule has 0 aromatic rings. The molecule has 52 heavy (non-hydrogen) atoms. The third kappa shape index (κ3) is 40.1. The van der Waals surface area contributed by atoms with Gasteiger partial charge in [-0.15, -0.1) is 0 Å². The first-order chi connectivity index (χ1) is 25.6. The van der Waals surface area contributed by atoms with Crippen molar-refractivity contribution in [3.8, 4) is 0 Å². The first kappa shape index (κ1) is 49.3. The predicted octanol–water partition coefficient (Wildman–Crippen LogP) is 13.7. The van der Waals surface area contributed by atoms with Gasteiger partial charge in [-0.3, -0.25) is 9.59 Å². The number of ether oxygens (including phenoxy) is 2. The topological polar surface area (TPSA) is 72.8 Å². The molecule has 5 nitrogen and oxygen atoms in total. The Morgan fingerprint density at radius 3 is 1.38 bits per heavy atom. The van der Waals surface area contributed by atoms with Crippen molar-refractivity contribution in [3.63, 3.8) is 0 Å². The molecule has 5 heteroatoms. The van der Waals surface area contributed by atoms with E-state index < -0.39 is 6.10 Å². The average Bonchev–Trinajstić information content (AvgIpc) is 3.15. The third-order valence-corrected chi connectivity index (χ3v) is 8.96. The molecule has 0 saturated carbocycles. The van der Waals surface area contributed by atoms with Gasteiger partial charge in [0.2, 0.25) is 0 Å². The number of hydrogen-bond acceptors (Lipinski definition) is 5. The van der Waals surface area contributed by atoms with E-state index in [0.717, 1.165) is 64.2 Å². The summed E-state index contributed by atoms with van der Waals surface area (Å²) in [5.41, 5.74) is 0. The van der Waals surface area contributed by atoms with Crippen LogP contribution in [0.3, 0.4) is 0 Å². The van der Waals surface area contributed by atoms with Crippen molar-refractivity contribution < 1.29 is 24.2 Å². The van der Waals surface area contributed by atoms with Gasteiger partial charge in [0.25, 0.3) is 0 Å². The fourth-order valence-corrected chi connectivity index (χ4v) is 5.74. The number of allylic oxidation sites excluding steroid dienone is 12. The summed E-state index contributed by atoms with van der Waals surface area (Å²) in [7, 11) is 0. The van der Waals surface area contributed by atoms with E-state index >= 15 is 0 Å². The summed E-state index contributed by atoms with van der Waals surface area (Å²) in [5.74, 6) is -0.692.